The molecule has 2 rings (SSSR count). The number of terminal acetylenes is 1. The Morgan fingerprint density at radius 3 is 2.86 bits per heavy atom. The molecule has 0 N–H and O–H groups in total. The van der Waals surface area contributed by atoms with E-state index in [4.69, 9.17) is 6.42 Å². The van der Waals surface area contributed by atoms with Gasteiger partial charge in [0.05, 0.1) is 11.9 Å². The number of hydrogen-bond donors (Lipinski definition) is 0. The van der Waals surface area contributed by atoms with Crippen LogP contribution in [-0.4, -0.2) is 14.6 Å². The van der Waals surface area contributed by atoms with Crippen LogP contribution in [0.3, 0.4) is 0 Å². The van der Waals surface area contributed by atoms with Gasteiger partial charge in [-0.25, -0.2) is 9.50 Å². The van der Waals surface area contributed by atoms with Gasteiger partial charge in [0, 0.05) is 0 Å². The molecule has 0 unspecified atom stereocenters. The molecule has 0 bridgehead atoms. The standard InChI is InChI=1S/C11H11N3/c1-4-9-7-12-11-6-5-10(8(2)3)13-14(9)11/h1,5-8H,2-3H3. The van der Waals surface area contributed by atoms with E-state index in [-0.39, 0.29) is 0 Å². The molecule has 14 heavy (non-hydrogen) atoms. The molecule has 2 aromatic heterocycles. The molecule has 0 aromatic carbocycles. The quantitative estimate of drug-likeness (QED) is 0.634. The lowest BCUT2D eigenvalue weighted by Crippen LogP contribution is -2.00. The van der Waals surface area contributed by atoms with Crippen LogP contribution < -0.4 is 0 Å². The summed E-state index contributed by atoms with van der Waals surface area (Å²) >= 11 is 0. The molecule has 3 heteroatoms. The molecule has 0 saturated carbocycles. The van der Waals surface area contributed by atoms with Crippen LogP contribution in [0.25, 0.3) is 5.65 Å². The van der Waals surface area contributed by atoms with E-state index in [0.29, 0.717) is 11.6 Å². The van der Waals surface area contributed by atoms with Gasteiger partial charge in [0.15, 0.2) is 5.65 Å². The topological polar surface area (TPSA) is 30.2 Å². The summed E-state index contributed by atoms with van der Waals surface area (Å²) in [5.41, 5.74) is 2.51. The zero-order valence-corrected chi connectivity index (χ0v) is 8.23. The van der Waals surface area contributed by atoms with Crippen LogP contribution in [0.1, 0.15) is 31.2 Å². The molecular formula is C11H11N3. The third-order valence-corrected chi connectivity index (χ3v) is 2.12. The van der Waals surface area contributed by atoms with Gasteiger partial charge in [0.2, 0.25) is 0 Å². The highest BCUT2D eigenvalue weighted by atomic mass is 15.3. The second-order valence-electron chi connectivity index (χ2n) is 3.47. The molecule has 0 spiro atoms. The molecule has 0 aliphatic heterocycles. The van der Waals surface area contributed by atoms with E-state index < -0.39 is 0 Å². The average Bonchev–Trinajstić information content (AvgIpc) is 2.59. The maximum atomic E-state index is 5.34. The van der Waals surface area contributed by atoms with Crippen molar-refractivity contribution < 1.29 is 0 Å². The molecule has 0 fully saturated rings. The maximum Gasteiger partial charge on any atom is 0.154 e. The fourth-order valence-corrected chi connectivity index (χ4v) is 1.29. The number of hydrogen-bond acceptors (Lipinski definition) is 2. The van der Waals surface area contributed by atoms with E-state index >= 15 is 0 Å². The second-order valence-corrected chi connectivity index (χ2v) is 3.47. The minimum Gasteiger partial charge on any atom is -0.234 e. The number of fused-ring (bicyclic) bond motifs is 1. The summed E-state index contributed by atoms with van der Waals surface area (Å²) in [5.74, 6) is 2.95. The average molecular weight is 185 g/mol. The Morgan fingerprint density at radius 1 is 1.43 bits per heavy atom. The summed E-state index contributed by atoms with van der Waals surface area (Å²) in [5, 5.41) is 4.42. The third kappa shape index (κ3) is 1.25. The van der Waals surface area contributed by atoms with Crippen molar-refractivity contribution in [3.05, 3.63) is 29.7 Å². The first-order valence-corrected chi connectivity index (χ1v) is 4.53. The molecule has 3 nitrogen and oxygen atoms in total. The molecule has 2 heterocycles. The molecule has 0 atom stereocenters. The number of aromatic nitrogens is 3. The summed E-state index contributed by atoms with van der Waals surface area (Å²) in [6, 6.07) is 3.91. The number of rotatable bonds is 1. The Hall–Kier alpha value is -1.82. The summed E-state index contributed by atoms with van der Waals surface area (Å²) in [6.07, 6.45) is 6.99. The van der Waals surface area contributed by atoms with Crippen molar-refractivity contribution in [2.45, 2.75) is 19.8 Å². The van der Waals surface area contributed by atoms with Gasteiger partial charge < -0.3 is 0 Å². The van der Waals surface area contributed by atoms with Crippen molar-refractivity contribution >= 4 is 5.65 Å². The Morgan fingerprint density at radius 2 is 2.21 bits per heavy atom. The first kappa shape index (κ1) is 8.76. The maximum absolute atomic E-state index is 5.34. The molecule has 0 aliphatic carbocycles. The van der Waals surface area contributed by atoms with Crippen LogP contribution in [0.15, 0.2) is 18.3 Å². The van der Waals surface area contributed by atoms with Gasteiger partial charge in [-0.1, -0.05) is 13.8 Å². The Balaban J connectivity index is 2.69. The fraction of sp³-hybridized carbons (Fsp3) is 0.273. The fourth-order valence-electron chi connectivity index (χ4n) is 1.29. The molecule has 2 aromatic rings. The smallest absolute Gasteiger partial charge is 0.154 e. The van der Waals surface area contributed by atoms with Gasteiger partial charge >= 0.3 is 0 Å². The second kappa shape index (κ2) is 3.15. The van der Waals surface area contributed by atoms with E-state index in [1.807, 2.05) is 12.1 Å². The first-order chi connectivity index (χ1) is 6.72. The Labute approximate surface area is 82.8 Å². The molecule has 0 saturated heterocycles. The van der Waals surface area contributed by atoms with E-state index in [9.17, 15) is 0 Å². The molecule has 0 aliphatic rings. The minimum atomic E-state index is 0.396. The van der Waals surface area contributed by atoms with E-state index in [1.165, 1.54) is 0 Å². The van der Waals surface area contributed by atoms with Gasteiger partial charge in [-0.2, -0.15) is 5.10 Å². The van der Waals surface area contributed by atoms with Crippen molar-refractivity contribution in [2.24, 2.45) is 0 Å². The highest BCUT2D eigenvalue weighted by Gasteiger charge is 2.05. The predicted molar refractivity (Wildman–Crippen MR) is 55.0 cm³/mol. The molecule has 0 amide bonds. The van der Waals surface area contributed by atoms with Crippen LogP contribution >= 0.6 is 0 Å². The highest BCUT2D eigenvalue weighted by molar-refractivity contribution is 5.43. The summed E-state index contributed by atoms with van der Waals surface area (Å²) in [4.78, 5) is 4.15. The normalized spacial score (nSPS) is 10.7. The molecular weight excluding hydrogens is 174 g/mol. The van der Waals surface area contributed by atoms with Crippen molar-refractivity contribution in [1.82, 2.24) is 14.6 Å². The van der Waals surface area contributed by atoms with E-state index in [0.717, 1.165) is 11.3 Å². The van der Waals surface area contributed by atoms with Crippen LogP contribution in [0.4, 0.5) is 0 Å². The van der Waals surface area contributed by atoms with Crippen LogP contribution in [-0.2, 0) is 0 Å². The Kier molecular flexibility index (Phi) is 1.97. The minimum absolute atomic E-state index is 0.396. The lowest BCUT2D eigenvalue weighted by molar-refractivity contribution is 0.761. The first-order valence-electron chi connectivity index (χ1n) is 4.53. The largest absolute Gasteiger partial charge is 0.234 e. The van der Waals surface area contributed by atoms with Gasteiger partial charge in [0.1, 0.15) is 5.69 Å². The summed E-state index contributed by atoms with van der Waals surface area (Å²) in [7, 11) is 0. The van der Waals surface area contributed by atoms with Crippen molar-refractivity contribution in [1.29, 1.82) is 0 Å². The van der Waals surface area contributed by atoms with Gasteiger partial charge in [-0.05, 0) is 24.0 Å². The predicted octanol–water partition coefficient (Wildman–Crippen LogP) is 1.83. The van der Waals surface area contributed by atoms with E-state index in [1.54, 1.807) is 10.7 Å². The number of nitrogens with zero attached hydrogens (tertiary/aromatic N) is 3. The zero-order chi connectivity index (χ0) is 10.1. The number of imidazole rings is 1. The highest BCUT2D eigenvalue weighted by Crippen LogP contribution is 2.12. The van der Waals surface area contributed by atoms with Crippen molar-refractivity contribution in [3.63, 3.8) is 0 Å². The van der Waals surface area contributed by atoms with Gasteiger partial charge in [-0.3, -0.25) is 0 Å². The monoisotopic (exact) mass is 185 g/mol. The van der Waals surface area contributed by atoms with Crippen LogP contribution in [0.2, 0.25) is 0 Å². The van der Waals surface area contributed by atoms with Crippen LogP contribution in [0.5, 0.6) is 0 Å². The lowest BCUT2D eigenvalue weighted by atomic mass is 10.1. The van der Waals surface area contributed by atoms with Crippen molar-refractivity contribution in [3.8, 4) is 12.3 Å². The van der Waals surface area contributed by atoms with E-state index in [2.05, 4.69) is 29.9 Å². The summed E-state index contributed by atoms with van der Waals surface area (Å²) in [6.45, 7) is 4.20. The van der Waals surface area contributed by atoms with Gasteiger partial charge in [-0.15, -0.1) is 6.42 Å². The molecule has 0 radical (unpaired) electrons. The summed E-state index contributed by atoms with van der Waals surface area (Å²) < 4.78 is 1.70. The zero-order valence-electron chi connectivity index (χ0n) is 8.23. The lowest BCUT2D eigenvalue weighted by Gasteiger charge is -2.04. The van der Waals surface area contributed by atoms with Crippen molar-refractivity contribution in [2.75, 3.05) is 0 Å². The van der Waals surface area contributed by atoms with Gasteiger partial charge in [0.25, 0.3) is 0 Å². The van der Waals surface area contributed by atoms with Crippen LogP contribution in [0, 0.1) is 12.3 Å². The third-order valence-electron chi connectivity index (χ3n) is 2.12. The SMILES string of the molecule is C#Cc1cnc2ccc(C(C)C)nn12. The Bertz CT molecular complexity index is 503. The molecule has 70 valence electrons.